The molecular weight excluding hydrogens is 178 g/mol. The van der Waals surface area contributed by atoms with Crippen molar-refractivity contribution in [1.29, 1.82) is 0 Å². The van der Waals surface area contributed by atoms with Crippen molar-refractivity contribution in [3.63, 3.8) is 0 Å². The van der Waals surface area contributed by atoms with Gasteiger partial charge >= 0.3 is 0 Å². The standard InChI is InChI=1S/C10H17N3O/c1-12-4-2-10(3-5-12)13-7-9(8-14)6-11-13/h6-7,10,14H,2-5,8H2,1H3. The molecule has 14 heavy (non-hydrogen) atoms. The number of nitrogens with zero attached hydrogens (tertiary/aromatic N) is 3. The van der Waals surface area contributed by atoms with E-state index in [4.69, 9.17) is 5.11 Å². The summed E-state index contributed by atoms with van der Waals surface area (Å²) < 4.78 is 2.00. The number of hydrogen-bond acceptors (Lipinski definition) is 3. The minimum atomic E-state index is 0.0899. The van der Waals surface area contributed by atoms with E-state index < -0.39 is 0 Å². The third-order valence-corrected chi connectivity index (χ3v) is 2.90. The molecule has 0 unspecified atom stereocenters. The first-order valence-electron chi connectivity index (χ1n) is 5.12. The predicted octanol–water partition coefficient (Wildman–Crippen LogP) is 0.642. The molecule has 1 aromatic rings. The molecule has 78 valence electrons. The lowest BCUT2D eigenvalue weighted by Gasteiger charge is -2.28. The van der Waals surface area contributed by atoms with Gasteiger partial charge in [0.1, 0.15) is 0 Å². The van der Waals surface area contributed by atoms with Gasteiger partial charge in [-0.15, -0.1) is 0 Å². The fraction of sp³-hybridized carbons (Fsp3) is 0.700. The summed E-state index contributed by atoms with van der Waals surface area (Å²) in [7, 11) is 2.15. The summed E-state index contributed by atoms with van der Waals surface area (Å²) in [6, 6.07) is 0.520. The zero-order valence-electron chi connectivity index (χ0n) is 8.56. The van der Waals surface area contributed by atoms with Crippen LogP contribution in [0.1, 0.15) is 24.4 Å². The molecule has 0 aromatic carbocycles. The molecule has 0 spiro atoms. The van der Waals surface area contributed by atoms with Gasteiger partial charge in [0, 0.05) is 11.8 Å². The number of hydrogen-bond donors (Lipinski definition) is 1. The molecule has 0 bridgehead atoms. The second-order valence-corrected chi connectivity index (χ2v) is 4.02. The van der Waals surface area contributed by atoms with Gasteiger partial charge in [0.15, 0.2) is 0 Å². The third kappa shape index (κ3) is 1.96. The van der Waals surface area contributed by atoms with Gasteiger partial charge in [0.2, 0.25) is 0 Å². The minimum Gasteiger partial charge on any atom is -0.392 e. The lowest BCUT2D eigenvalue weighted by molar-refractivity contribution is 0.212. The first-order valence-corrected chi connectivity index (χ1v) is 5.12. The number of aliphatic hydroxyl groups excluding tert-OH is 1. The van der Waals surface area contributed by atoms with E-state index in [2.05, 4.69) is 17.0 Å². The van der Waals surface area contributed by atoms with E-state index >= 15 is 0 Å². The molecule has 1 fully saturated rings. The summed E-state index contributed by atoms with van der Waals surface area (Å²) in [6.07, 6.45) is 6.01. The molecule has 4 heteroatoms. The van der Waals surface area contributed by atoms with E-state index in [9.17, 15) is 0 Å². The number of likely N-dealkylation sites (tertiary alicyclic amines) is 1. The Morgan fingerprint density at radius 1 is 1.50 bits per heavy atom. The monoisotopic (exact) mass is 195 g/mol. The zero-order valence-corrected chi connectivity index (χ0v) is 8.56. The third-order valence-electron chi connectivity index (χ3n) is 2.90. The molecular formula is C10H17N3O. The van der Waals surface area contributed by atoms with Crippen LogP contribution < -0.4 is 0 Å². The Labute approximate surface area is 84.1 Å². The Kier molecular flexibility index (Phi) is 2.84. The fourth-order valence-corrected chi connectivity index (χ4v) is 1.92. The highest BCUT2D eigenvalue weighted by atomic mass is 16.3. The minimum absolute atomic E-state index is 0.0899. The molecule has 2 heterocycles. The normalized spacial score (nSPS) is 20.1. The van der Waals surface area contributed by atoms with Gasteiger partial charge in [-0.3, -0.25) is 4.68 Å². The van der Waals surface area contributed by atoms with Crippen LogP contribution in [0.15, 0.2) is 12.4 Å². The van der Waals surface area contributed by atoms with Gasteiger partial charge in [-0.2, -0.15) is 5.10 Å². The predicted molar refractivity (Wildman–Crippen MR) is 53.9 cm³/mol. The molecule has 0 aliphatic carbocycles. The van der Waals surface area contributed by atoms with Gasteiger partial charge in [-0.25, -0.2) is 0 Å². The van der Waals surface area contributed by atoms with Crippen LogP contribution in [-0.4, -0.2) is 39.9 Å². The number of rotatable bonds is 2. The number of aliphatic hydroxyl groups is 1. The first kappa shape index (κ1) is 9.68. The topological polar surface area (TPSA) is 41.3 Å². The molecule has 1 aliphatic heterocycles. The lowest BCUT2D eigenvalue weighted by Crippen LogP contribution is -2.31. The van der Waals surface area contributed by atoms with Crippen molar-refractivity contribution in [1.82, 2.24) is 14.7 Å². The summed E-state index contributed by atoms with van der Waals surface area (Å²) in [5, 5.41) is 13.2. The van der Waals surface area contributed by atoms with Gasteiger partial charge in [0.05, 0.1) is 18.8 Å². The van der Waals surface area contributed by atoms with E-state index in [0.29, 0.717) is 6.04 Å². The van der Waals surface area contributed by atoms with E-state index in [0.717, 1.165) is 31.5 Å². The summed E-state index contributed by atoms with van der Waals surface area (Å²) in [5.41, 5.74) is 0.906. The van der Waals surface area contributed by atoms with Crippen LogP contribution in [0.5, 0.6) is 0 Å². The molecule has 1 saturated heterocycles. The average Bonchev–Trinajstić information content (AvgIpc) is 2.67. The van der Waals surface area contributed by atoms with Crippen LogP contribution in [0, 0.1) is 0 Å². The van der Waals surface area contributed by atoms with Crippen LogP contribution >= 0.6 is 0 Å². The summed E-state index contributed by atoms with van der Waals surface area (Å²) >= 11 is 0. The average molecular weight is 195 g/mol. The van der Waals surface area contributed by atoms with Gasteiger partial charge in [-0.1, -0.05) is 0 Å². The molecule has 1 N–H and O–H groups in total. The second kappa shape index (κ2) is 4.11. The van der Waals surface area contributed by atoms with E-state index in [1.807, 2.05) is 10.9 Å². The number of aromatic nitrogens is 2. The molecule has 2 rings (SSSR count). The lowest BCUT2D eigenvalue weighted by atomic mass is 10.1. The van der Waals surface area contributed by atoms with Crippen LogP contribution in [-0.2, 0) is 6.61 Å². The van der Waals surface area contributed by atoms with Gasteiger partial charge in [0.25, 0.3) is 0 Å². The van der Waals surface area contributed by atoms with Crippen molar-refractivity contribution in [2.75, 3.05) is 20.1 Å². The Bertz CT molecular complexity index is 289. The van der Waals surface area contributed by atoms with Gasteiger partial charge in [-0.05, 0) is 33.0 Å². The largest absolute Gasteiger partial charge is 0.392 e. The highest BCUT2D eigenvalue weighted by Crippen LogP contribution is 2.20. The maximum Gasteiger partial charge on any atom is 0.0712 e. The summed E-state index contributed by atoms with van der Waals surface area (Å²) in [5.74, 6) is 0. The van der Waals surface area contributed by atoms with Crippen molar-refractivity contribution in [2.45, 2.75) is 25.5 Å². The second-order valence-electron chi connectivity index (χ2n) is 4.02. The first-order chi connectivity index (χ1) is 6.79. The Morgan fingerprint density at radius 2 is 2.21 bits per heavy atom. The molecule has 0 saturated carbocycles. The van der Waals surface area contributed by atoms with Crippen LogP contribution in [0.25, 0.3) is 0 Å². The quantitative estimate of drug-likeness (QED) is 0.753. The smallest absolute Gasteiger partial charge is 0.0712 e. The van der Waals surface area contributed by atoms with Gasteiger partial charge < -0.3 is 10.0 Å². The summed E-state index contributed by atoms with van der Waals surface area (Å²) in [4.78, 5) is 2.34. The van der Waals surface area contributed by atoms with Crippen LogP contribution in [0.3, 0.4) is 0 Å². The Hall–Kier alpha value is -0.870. The molecule has 1 aliphatic rings. The molecule has 0 amide bonds. The van der Waals surface area contributed by atoms with E-state index in [-0.39, 0.29) is 6.61 Å². The zero-order chi connectivity index (χ0) is 9.97. The Morgan fingerprint density at radius 3 is 2.79 bits per heavy atom. The van der Waals surface area contributed by atoms with Crippen LogP contribution in [0.4, 0.5) is 0 Å². The fourth-order valence-electron chi connectivity index (χ4n) is 1.92. The SMILES string of the molecule is CN1CCC(n2cc(CO)cn2)CC1. The van der Waals surface area contributed by atoms with E-state index in [1.165, 1.54) is 0 Å². The molecule has 1 aromatic heterocycles. The maximum atomic E-state index is 8.93. The maximum absolute atomic E-state index is 8.93. The van der Waals surface area contributed by atoms with Crippen molar-refractivity contribution < 1.29 is 5.11 Å². The highest BCUT2D eigenvalue weighted by Gasteiger charge is 2.18. The van der Waals surface area contributed by atoms with Crippen molar-refractivity contribution >= 4 is 0 Å². The van der Waals surface area contributed by atoms with Crippen molar-refractivity contribution in [3.8, 4) is 0 Å². The van der Waals surface area contributed by atoms with E-state index in [1.54, 1.807) is 6.20 Å². The van der Waals surface area contributed by atoms with Crippen molar-refractivity contribution in [3.05, 3.63) is 18.0 Å². The number of piperidine rings is 1. The van der Waals surface area contributed by atoms with Crippen molar-refractivity contribution in [2.24, 2.45) is 0 Å². The Balaban J connectivity index is 2.01. The molecule has 0 radical (unpaired) electrons. The molecule has 0 atom stereocenters. The van der Waals surface area contributed by atoms with Crippen LogP contribution in [0.2, 0.25) is 0 Å². The molecule has 4 nitrogen and oxygen atoms in total. The summed E-state index contributed by atoms with van der Waals surface area (Å²) in [6.45, 7) is 2.37. The highest BCUT2D eigenvalue weighted by molar-refractivity contribution is 5.02.